The Hall–Kier alpha value is -2.97. The molecule has 0 saturated heterocycles. The number of aromatic amines is 1. The van der Waals surface area contributed by atoms with E-state index in [9.17, 15) is 18.0 Å². The Morgan fingerprint density at radius 3 is 2.45 bits per heavy atom. The number of ether oxygens (including phenoxy) is 1. The van der Waals surface area contributed by atoms with Gasteiger partial charge < -0.3 is 9.72 Å². The third kappa shape index (κ3) is 4.90. The standard InChI is InChI=1S/C21H22N2O5S/c1-14-7-9-16(10-8-14)29(26,27)22-12-11-20(25)28-13-19(24)21-15(2)23-18-6-4-3-5-17(18)21/h3-10,22-23H,11-13H2,1-2H3. The van der Waals surface area contributed by atoms with Gasteiger partial charge >= 0.3 is 5.97 Å². The van der Waals surface area contributed by atoms with Gasteiger partial charge in [-0.15, -0.1) is 0 Å². The molecule has 0 bridgehead atoms. The van der Waals surface area contributed by atoms with E-state index in [0.29, 0.717) is 11.3 Å². The van der Waals surface area contributed by atoms with Crippen molar-refractivity contribution >= 4 is 32.7 Å². The molecule has 0 unspecified atom stereocenters. The minimum Gasteiger partial charge on any atom is -0.457 e. The van der Waals surface area contributed by atoms with Gasteiger partial charge in [0.1, 0.15) is 0 Å². The van der Waals surface area contributed by atoms with Crippen LogP contribution in [0.4, 0.5) is 0 Å². The topological polar surface area (TPSA) is 105 Å². The van der Waals surface area contributed by atoms with Gasteiger partial charge in [-0.1, -0.05) is 35.9 Å². The molecule has 29 heavy (non-hydrogen) atoms. The van der Waals surface area contributed by atoms with Gasteiger partial charge in [-0.2, -0.15) is 0 Å². The van der Waals surface area contributed by atoms with Crippen molar-refractivity contribution in [3.63, 3.8) is 0 Å². The number of aromatic nitrogens is 1. The van der Waals surface area contributed by atoms with Crippen molar-refractivity contribution in [1.82, 2.24) is 9.71 Å². The molecule has 8 heteroatoms. The van der Waals surface area contributed by atoms with E-state index in [1.165, 1.54) is 12.1 Å². The molecule has 2 aromatic carbocycles. The minimum absolute atomic E-state index is 0.116. The van der Waals surface area contributed by atoms with Crippen molar-refractivity contribution in [2.75, 3.05) is 13.2 Å². The Bertz CT molecular complexity index is 1150. The first-order valence-corrected chi connectivity index (χ1v) is 10.6. The van der Waals surface area contributed by atoms with Crippen LogP contribution in [0.2, 0.25) is 0 Å². The van der Waals surface area contributed by atoms with E-state index >= 15 is 0 Å². The smallest absolute Gasteiger partial charge is 0.307 e. The lowest BCUT2D eigenvalue weighted by Gasteiger charge is -2.07. The molecule has 0 saturated carbocycles. The second-order valence-electron chi connectivity index (χ2n) is 6.72. The van der Waals surface area contributed by atoms with E-state index in [1.807, 2.05) is 31.2 Å². The summed E-state index contributed by atoms with van der Waals surface area (Å²) in [5, 5.41) is 0.775. The fourth-order valence-corrected chi connectivity index (χ4v) is 4.05. The van der Waals surface area contributed by atoms with Crippen LogP contribution in [-0.4, -0.2) is 38.3 Å². The Morgan fingerprint density at radius 2 is 1.72 bits per heavy atom. The van der Waals surface area contributed by atoms with Crippen LogP contribution in [-0.2, 0) is 19.6 Å². The average molecular weight is 414 g/mol. The highest BCUT2D eigenvalue weighted by Crippen LogP contribution is 2.22. The maximum Gasteiger partial charge on any atom is 0.307 e. The lowest BCUT2D eigenvalue weighted by atomic mass is 10.1. The summed E-state index contributed by atoms with van der Waals surface area (Å²) in [7, 11) is -3.70. The molecular weight excluding hydrogens is 392 g/mol. The highest BCUT2D eigenvalue weighted by molar-refractivity contribution is 7.89. The first-order valence-electron chi connectivity index (χ1n) is 9.10. The third-order valence-corrected chi connectivity index (χ3v) is 5.97. The van der Waals surface area contributed by atoms with E-state index in [1.54, 1.807) is 19.1 Å². The molecule has 0 aliphatic heterocycles. The molecule has 0 aliphatic rings. The molecule has 0 fully saturated rings. The molecule has 0 spiro atoms. The minimum atomic E-state index is -3.70. The first-order chi connectivity index (χ1) is 13.8. The van der Waals surface area contributed by atoms with Gasteiger partial charge in [0.05, 0.1) is 11.3 Å². The van der Waals surface area contributed by atoms with Crippen LogP contribution in [0, 0.1) is 13.8 Å². The molecule has 3 rings (SSSR count). The van der Waals surface area contributed by atoms with E-state index in [-0.39, 0.29) is 23.6 Å². The van der Waals surface area contributed by atoms with Crippen molar-refractivity contribution in [1.29, 1.82) is 0 Å². The predicted molar refractivity (Wildman–Crippen MR) is 109 cm³/mol. The lowest BCUT2D eigenvalue weighted by molar-refractivity contribution is -0.142. The van der Waals surface area contributed by atoms with Gasteiger partial charge in [0, 0.05) is 28.7 Å². The lowest BCUT2D eigenvalue weighted by Crippen LogP contribution is -2.27. The number of nitrogens with one attached hydrogen (secondary N) is 2. The highest BCUT2D eigenvalue weighted by atomic mass is 32.2. The molecule has 0 amide bonds. The summed E-state index contributed by atoms with van der Waals surface area (Å²) in [6.07, 6.45) is -0.175. The molecule has 0 atom stereocenters. The molecule has 0 aliphatic carbocycles. The quantitative estimate of drug-likeness (QED) is 0.436. The summed E-state index contributed by atoms with van der Waals surface area (Å²) >= 11 is 0. The maximum atomic E-state index is 12.5. The zero-order valence-corrected chi connectivity index (χ0v) is 17.0. The van der Waals surface area contributed by atoms with Gasteiger partial charge in [0.25, 0.3) is 0 Å². The molecule has 152 valence electrons. The first kappa shape index (κ1) is 20.8. The number of hydrogen-bond acceptors (Lipinski definition) is 5. The van der Waals surface area contributed by atoms with Crippen molar-refractivity contribution in [2.45, 2.75) is 25.2 Å². The van der Waals surface area contributed by atoms with Crippen LogP contribution in [0.5, 0.6) is 0 Å². The van der Waals surface area contributed by atoms with E-state index < -0.39 is 22.6 Å². The van der Waals surface area contributed by atoms with Crippen molar-refractivity contribution in [3.8, 4) is 0 Å². The van der Waals surface area contributed by atoms with E-state index in [4.69, 9.17) is 4.74 Å². The van der Waals surface area contributed by atoms with Crippen LogP contribution in [0.15, 0.2) is 53.4 Å². The summed E-state index contributed by atoms with van der Waals surface area (Å²) in [4.78, 5) is 27.7. The molecule has 3 aromatic rings. The van der Waals surface area contributed by atoms with Crippen LogP contribution in [0.3, 0.4) is 0 Å². The monoisotopic (exact) mass is 414 g/mol. The number of ketones is 1. The predicted octanol–water partition coefficient (Wildman–Crippen LogP) is 2.88. The summed E-state index contributed by atoms with van der Waals surface area (Å²) in [6, 6.07) is 13.8. The number of para-hydroxylation sites is 1. The SMILES string of the molecule is Cc1ccc(S(=O)(=O)NCCC(=O)OCC(=O)c2c(C)[nH]c3ccccc23)cc1. The molecule has 2 N–H and O–H groups in total. The number of benzene rings is 2. The number of hydrogen-bond donors (Lipinski definition) is 2. The number of Topliss-reactive ketones (excluding diaryl/α,β-unsaturated/α-hetero) is 1. The highest BCUT2D eigenvalue weighted by Gasteiger charge is 2.18. The summed E-state index contributed by atoms with van der Waals surface area (Å²) in [6.45, 7) is 3.13. The zero-order valence-electron chi connectivity index (χ0n) is 16.2. The normalized spacial score (nSPS) is 11.5. The Morgan fingerprint density at radius 1 is 1.03 bits per heavy atom. The number of esters is 1. The number of fused-ring (bicyclic) bond motifs is 1. The third-order valence-electron chi connectivity index (χ3n) is 4.49. The van der Waals surface area contributed by atoms with Gasteiger partial charge in [0.15, 0.2) is 6.61 Å². The number of sulfonamides is 1. The zero-order chi connectivity index (χ0) is 21.0. The Kier molecular flexibility index (Phi) is 6.14. The van der Waals surface area contributed by atoms with Gasteiger partial charge in [-0.05, 0) is 32.0 Å². The fraction of sp³-hybridized carbons (Fsp3) is 0.238. The van der Waals surface area contributed by atoms with Crippen LogP contribution < -0.4 is 4.72 Å². The fourth-order valence-electron chi connectivity index (χ4n) is 3.01. The van der Waals surface area contributed by atoms with E-state index in [2.05, 4.69) is 9.71 Å². The summed E-state index contributed by atoms with van der Waals surface area (Å²) < 4.78 is 31.8. The van der Waals surface area contributed by atoms with Crippen molar-refractivity contribution in [2.24, 2.45) is 0 Å². The summed E-state index contributed by atoms with van der Waals surface area (Å²) in [5.41, 5.74) is 2.99. The Balaban J connectivity index is 1.51. The summed E-state index contributed by atoms with van der Waals surface area (Å²) in [5.74, 6) is -0.962. The van der Waals surface area contributed by atoms with Crippen molar-refractivity contribution < 1.29 is 22.7 Å². The van der Waals surface area contributed by atoms with Crippen molar-refractivity contribution in [3.05, 3.63) is 65.4 Å². The number of aryl methyl sites for hydroxylation is 2. The van der Waals surface area contributed by atoms with Crippen LogP contribution in [0.25, 0.3) is 10.9 Å². The number of carbonyl (C=O) groups is 2. The maximum absolute atomic E-state index is 12.5. The Labute approximate surface area is 169 Å². The molecular formula is C21H22N2O5S. The second kappa shape index (κ2) is 8.59. The molecule has 1 heterocycles. The van der Waals surface area contributed by atoms with Gasteiger partial charge in [-0.25, -0.2) is 13.1 Å². The molecule has 0 radical (unpaired) electrons. The van der Waals surface area contributed by atoms with E-state index in [0.717, 1.165) is 16.5 Å². The average Bonchev–Trinajstić information content (AvgIpc) is 3.02. The largest absolute Gasteiger partial charge is 0.457 e. The van der Waals surface area contributed by atoms with Gasteiger partial charge in [0.2, 0.25) is 15.8 Å². The number of carbonyl (C=O) groups excluding carboxylic acids is 2. The molecule has 7 nitrogen and oxygen atoms in total. The number of rotatable bonds is 8. The van der Waals surface area contributed by atoms with Crippen LogP contribution in [0.1, 0.15) is 28.0 Å². The number of H-pyrrole nitrogens is 1. The van der Waals surface area contributed by atoms with Gasteiger partial charge in [-0.3, -0.25) is 9.59 Å². The second-order valence-corrected chi connectivity index (χ2v) is 8.48. The van der Waals surface area contributed by atoms with Crippen LogP contribution >= 0.6 is 0 Å². The molecule has 1 aromatic heterocycles.